The Morgan fingerprint density at radius 3 is 2.69 bits per heavy atom. The van der Waals surface area contributed by atoms with E-state index in [2.05, 4.69) is 5.32 Å². The number of amides is 2. The zero-order valence-electron chi connectivity index (χ0n) is 14.6. The first kappa shape index (κ1) is 17.9. The molecule has 0 saturated carbocycles. The van der Waals surface area contributed by atoms with Gasteiger partial charge in [0.15, 0.2) is 6.61 Å². The van der Waals surface area contributed by atoms with Crippen molar-refractivity contribution < 1.29 is 18.7 Å². The molecule has 1 fully saturated rings. The van der Waals surface area contributed by atoms with Gasteiger partial charge in [0.2, 0.25) is 5.91 Å². The molecule has 2 amide bonds. The van der Waals surface area contributed by atoms with Gasteiger partial charge in [0.25, 0.3) is 5.91 Å². The Balaban J connectivity index is 1.46. The number of hydrogen-bond donors (Lipinski definition) is 1. The maximum atomic E-state index is 13.0. The van der Waals surface area contributed by atoms with Gasteiger partial charge in [-0.1, -0.05) is 18.2 Å². The van der Waals surface area contributed by atoms with Crippen molar-refractivity contribution in [1.82, 2.24) is 5.32 Å². The number of hydrogen-bond acceptors (Lipinski definition) is 3. The third-order valence-electron chi connectivity index (χ3n) is 4.38. The summed E-state index contributed by atoms with van der Waals surface area (Å²) in [6.45, 7) is 2.76. The van der Waals surface area contributed by atoms with E-state index in [4.69, 9.17) is 4.74 Å². The first-order valence-corrected chi connectivity index (χ1v) is 8.54. The summed E-state index contributed by atoms with van der Waals surface area (Å²) in [5.74, 6) is 0.127. The second-order valence-corrected chi connectivity index (χ2v) is 6.41. The molecule has 0 unspecified atom stereocenters. The fourth-order valence-corrected chi connectivity index (χ4v) is 2.96. The average molecular weight is 356 g/mol. The van der Waals surface area contributed by atoms with Crippen molar-refractivity contribution >= 4 is 17.5 Å². The maximum Gasteiger partial charge on any atom is 0.257 e. The highest BCUT2D eigenvalue weighted by Gasteiger charge is 2.30. The molecule has 2 aromatic carbocycles. The lowest BCUT2D eigenvalue weighted by atomic mass is 10.1. The van der Waals surface area contributed by atoms with Crippen molar-refractivity contribution in [3.8, 4) is 5.75 Å². The molecule has 0 radical (unpaired) electrons. The Kier molecular flexibility index (Phi) is 5.51. The predicted octanol–water partition coefficient (Wildman–Crippen LogP) is 2.68. The van der Waals surface area contributed by atoms with Crippen LogP contribution in [0, 0.1) is 18.7 Å². The van der Waals surface area contributed by atoms with E-state index < -0.39 is 0 Å². The van der Waals surface area contributed by atoms with Crippen LogP contribution in [-0.2, 0) is 9.59 Å². The van der Waals surface area contributed by atoms with Gasteiger partial charge in [-0.25, -0.2) is 4.39 Å². The van der Waals surface area contributed by atoms with Crippen LogP contribution in [0.4, 0.5) is 10.1 Å². The summed E-state index contributed by atoms with van der Waals surface area (Å²) in [4.78, 5) is 25.8. The summed E-state index contributed by atoms with van der Waals surface area (Å²) in [6.07, 6.45) is 0.357. The first-order valence-electron chi connectivity index (χ1n) is 8.54. The summed E-state index contributed by atoms with van der Waals surface area (Å²) < 4.78 is 18.5. The molecule has 1 N–H and O–H groups in total. The molecule has 0 aliphatic carbocycles. The maximum absolute atomic E-state index is 13.0. The van der Waals surface area contributed by atoms with E-state index >= 15 is 0 Å². The molecule has 5 nitrogen and oxygen atoms in total. The van der Waals surface area contributed by atoms with Gasteiger partial charge in [-0.2, -0.15) is 0 Å². The highest BCUT2D eigenvalue weighted by Crippen LogP contribution is 2.24. The van der Waals surface area contributed by atoms with Gasteiger partial charge in [0.1, 0.15) is 11.6 Å². The highest BCUT2D eigenvalue weighted by atomic mass is 19.1. The Hall–Kier alpha value is -2.89. The number of ether oxygens (including phenoxy) is 1. The lowest BCUT2D eigenvalue weighted by Crippen LogP contribution is -2.34. The summed E-state index contributed by atoms with van der Waals surface area (Å²) in [5.41, 5.74) is 1.64. The molecule has 2 aromatic rings. The molecule has 1 aliphatic rings. The van der Waals surface area contributed by atoms with E-state index in [9.17, 15) is 14.0 Å². The van der Waals surface area contributed by atoms with E-state index in [1.165, 1.54) is 12.1 Å². The summed E-state index contributed by atoms with van der Waals surface area (Å²) in [5, 5.41) is 2.81. The monoisotopic (exact) mass is 356 g/mol. The summed E-state index contributed by atoms with van der Waals surface area (Å²) in [6, 6.07) is 13.3. The molecule has 0 spiro atoms. The lowest BCUT2D eigenvalue weighted by Gasteiger charge is -2.17. The van der Waals surface area contributed by atoms with Gasteiger partial charge in [0, 0.05) is 31.1 Å². The largest absolute Gasteiger partial charge is 0.484 e. The predicted molar refractivity (Wildman–Crippen MR) is 96.5 cm³/mol. The number of para-hydroxylation sites is 1. The molecule has 0 aromatic heterocycles. The van der Waals surface area contributed by atoms with Crippen LogP contribution in [0.15, 0.2) is 48.5 Å². The van der Waals surface area contributed by atoms with E-state index in [-0.39, 0.29) is 30.2 Å². The molecule has 1 aliphatic heterocycles. The van der Waals surface area contributed by atoms with Crippen LogP contribution >= 0.6 is 0 Å². The fraction of sp³-hybridized carbons (Fsp3) is 0.300. The van der Waals surface area contributed by atoms with Gasteiger partial charge in [-0.15, -0.1) is 0 Å². The second-order valence-electron chi connectivity index (χ2n) is 6.41. The first-order chi connectivity index (χ1) is 12.5. The van der Waals surface area contributed by atoms with Gasteiger partial charge in [-0.3, -0.25) is 9.59 Å². The second kappa shape index (κ2) is 7.99. The quantitative estimate of drug-likeness (QED) is 0.866. The number of nitrogens with one attached hydrogen (secondary N) is 1. The van der Waals surface area contributed by atoms with E-state index in [1.807, 2.05) is 31.2 Å². The van der Waals surface area contributed by atoms with Gasteiger partial charge < -0.3 is 15.0 Å². The molecule has 1 atom stereocenters. The average Bonchev–Trinajstić information content (AvgIpc) is 3.01. The Morgan fingerprint density at radius 1 is 1.23 bits per heavy atom. The van der Waals surface area contributed by atoms with Crippen molar-refractivity contribution in [2.45, 2.75) is 13.3 Å². The Labute approximate surface area is 151 Å². The number of benzene rings is 2. The van der Waals surface area contributed by atoms with E-state index in [1.54, 1.807) is 17.0 Å². The van der Waals surface area contributed by atoms with Crippen LogP contribution in [-0.4, -0.2) is 31.5 Å². The molecule has 3 rings (SSSR count). The highest BCUT2D eigenvalue weighted by molar-refractivity contribution is 5.95. The van der Waals surface area contributed by atoms with Crippen molar-refractivity contribution in [2.24, 2.45) is 5.92 Å². The Bertz CT molecular complexity index is 792. The molecule has 136 valence electrons. The number of aryl methyl sites for hydroxylation is 1. The lowest BCUT2D eigenvalue weighted by molar-refractivity contribution is -0.123. The molecule has 26 heavy (non-hydrogen) atoms. The number of halogens is 1. The minimum Gasteiger partial charge on any atom is -0.484 e. The van der Waals surface area contributed by atoms with Gasteiger partial charge in [-0.05, 0) is 42.8 Å². The van der Waals surface area contributed by atoms with Crippen molar-refractivity contribution in [3.05, 3.63) is 59.9 Å². The molecule has 1 heterocycles. The van der Waals surface area contributed by atoms with Crippen molar-refractivity contribution in [1.29, 1.82) is 0 Å². The summed E-state index contributed by atoms with van der Waals surface area (Å²) in [7, 11) is 0. The van der Waals surface area contributed by atoms with Crippen LogP contribution in [0.2, 0.25) is 0 Å². The fourth-order valence-electron chi connectivity index (χ4n) is 2.96. The molecule has 6 heteroatoms. The normalized spacial score (nSPS) is 16.6. The summed E-state index contributed by atoms with van der Waals surface area (Å²) >= 11 is 0. The molecular formula is C20H21FN2O3. The SMILES string of the molecule is Cc1ccccc1OCC(=O)NC[C@H]1CC(=O)N(c2ccc(F)cc2)C1. The van der Waals surface area contributed by atoms with E-state index in [0.29, 0.717) is 30.9 Å². The van der Waals surface area contributed by atoms with Crippen LogP contribution in [0.1, 0.15) is 12.0 Å². The minimum absolute atomic E-state index is 0.0213. The number of carbonyl (C=O) groups is 2. The van der Waals surface area contributed by atoms with Crippen LogP contribution < -0.4 is 15.0 Å². The smallest absolute Gasteiger partial charge is 0.257 e. The number of anilines is 1. The van der Waals surface area contributed by atoms with Crippen LogP contribution in [0.5, 0.6) is 5.75 Å². The molecular weight excluding hydrogens is 335 g/mol. The minimum atomic E-state index is -0.335. The Morgan fingerprint density at radius 2 is 1.96 bits per heavy atom. The van der Waals surface area contributed by atoms with Crippen LogP contribution in [0.25, 0.3) is 0 Å². The van der Waals surface area contributed by atoms with Gasteiger partial charge in [0.05, 0.1) is 0 Å². The van der Waals surface area contributed by atoms with Crippen molar-refractivity contribution in [2.75, 3.05) is 24.6 Å². The number of nitrogens with zero attached hydrogens (tertiary/aromatic N) is 1. The zero-order valence-corrected chi connectivity index (χ0v) is 14.6. The number of rotatable bonds is 6. The third-order valence-corrected chi connectivity index (χ3v) is 4.38. The number of carbonyl (C=O) groups excluding carboxylic acids is 2. The third kappa shape index (κ3) is 4.39. The van der Waals surface area contributed by atoms with E-state index in [0.717, 1.165) is 5.56 Å². The topological polar surface area (TPSA) is 58.6 Å². The zero-order chi connectivity index (χ0) is 18.5. The molecule has 1 saturated heterocycles. The standard InChI is InChI=1S/C20H21FN2O3/c1-14-4-2-3-5-18(14)26-13-19(24)22-11-15-10-20(25)23(12-15)17-8-6-16(21)7-9-17/h2-9,15H,10-13H2,1H3,(H,22,24)/t15-/m1/s1. The van der Waals surface area contributed by atoms with Gasteiger partial charge >= 0.3 is 0 Å². The van der Waals surface area contributed by atoms with Crippen molar-refractivity contribution in [3.63, 3.8) is 0 Å². The molecule has 0 bridgehead atoms. The van der Waals surface area contributed by atoms with Crippen LogP contribution in [0.3, 0.4) is 0 Å².